The average molecular weight is 429 g/mol. The van der Waals surface area contributed by atoms with Crippen LogP contribution in [0.4, 0.5) is 5.82 Å². The third-order valence-electron chi connectivity index (χ3n) is 4.31. The largest absolute Gasteiger partial charge is 0.353 e. The fraction of sp³-hybridized carbons (Fsp3) is 0.211. The van der Waals surface area contributed by atoms with Crippen LogP contribution >= 0.6 is 27.3 Å². The standard InChI is InChI=1S/C19H17BrN4OS/c20-14-5-6-17(21-13-14)23-9-11-24(12-10-23)19(25)8-7-18-22-15-3-1-2-4-16(15)26-18/h1-8,13H,9-12H2/b8-7+. The Morgan fingerprint density at radius 2 is 1.92 bits per heavy atom. The number of carbonyl (C=O) groups excluding carboxylic acids is 1. The third kappa shape index (κ3) is 3.78. The maximum absolute atomic E-state index is 12.5. The van der Waals surface area contributed by atoms with Gasteiger partial charge in [0.15, 0.2) is 0 Å². The van der Waals surface area contributed by atoms with Crippen molar-refractivity contribution in [3.8, 4) is 0 Å². The number of pyridine rings is 1. The molecule has 3 aromatic rings. The highest BCUT2D eigenvalue weighted by molar-refractivity contribution is 9.10. The monoisotopic (exact) mass is 428 g/mol. The number of anilines is 1. The molecule has 1 aliphatic rings. The number of fused-ring (bicyclic) bond motifs is 1. The Bertz CT molecular complexity index is 913. The Labute approximate surface area is 164 Å². The van der Waals surface area contributed by atoms with Crippen LogP contribution in [0.1, 0.15) is 5.01 Å². The smallest absolute Gasteiger partial charge is 0.246 e. The molecular weight excluding hydrogens is 412 g/mol. The lowest BCUT2D eigenvalue weighted by atomic mass is 10.3. The Kier molecular flexibility index (Phi) is 4.99. The van der Waals surface area contributed by atoms with Crippen molar-refractivity contribution in [1.82, 2.24) is 14.9 Å². The topological polar surface area (TPSA) is 49.3 Å². The summed E-state index contributed by atoms with van der Waals surface area (Å²) in [5.74, 6) is 0.984. The summed E-state index contributed by atoms with van der Waals surface area (Å²) < 4.78 is 2.10. The summed E-state index contributed by atoms with van der Waals surface area (Å²) in [7, 11) is 0. The van der Waals surface area contributed by atoms with E-state index in [2.05, 4.69) is 30.8 Å². The van der Waals surface area contributed by atoms with Gasteiger partial charge in [0.25, 0.3) is 0 Å². The number of thiazole rings is 1. The number of hydrogen-bond acceptors (Lipinski definition) is 5. The van der Waals surface area contributed by atoms with E-state index in [0.29, 0.717) is 13.1 Å². The number of aromatic nitrogens is 2. The van der Waals surface area contributed by atoms with Gasteiger partial charge in [0.1, 0.15) is 10.8 Å². The van der Waals surface area contributed by atoms with Crippen LogP contribution in [-0.2, 0) is 4.79 Å². The van der Waals surface area contributed by atoms with Crippen molar-refractivity contribution in [2.24, 2.45) is 0 Å². The Hall–Kier alpha value is -2.25. The molecule has 4 rings (SSSR count). The lowest BCUT2D eigenvalue weighted by Crippen LogP contribution is -2.48. The average Bonchev–Trinajstić information content (AvgIpc) is 3.10. The summed E-state index contributed by atoms with van der Waals surface area (Å²) in [5.41, 5.74) is 0.972. The zero-order valence-corrected chi connectivity index (χ0v) is 16.4. The lowest BCUT2D eigenvalue weighted by Gasteiger charge is -2.34. The predicted molar refractivity (Wildman–Crippen MR) is 109 cm³/mol. The van der Waals surface area contributed by atoms with Crippen LogP contribution in [0.15, 0.2) is 53.1 Å². The van der Waals surface area contributed by atoms with Gasteiger partial charge in [-0.1, -0.05) is 12.1 Å². The summed E-state index contributed by atoms with van der Waals surface area (Å²) in [4.78, 5) is 25.5. The Balaban J connectivity index is 1.36. The first kappa shape index (κ1) is 17.2. The molecule has 0 unspecified atom stereocenters. The third-order valence-corrected chi connectivity index (χ3v) is 5.78. The van der Waals surface area contributed by atoms with E-state index in [9.17, 15) is 4.79 Å². The first-order valence-electron chi connectivity index (χ1n) is 8.38. The van der Waals surface area contributed by atoms with E-state index in [1.54, 1.807) is 23.6 Å². The van der Waals surface area contributed by atoms with Crippen LogP contribution in [0.5, 0.6) is 0 Å². The molecule has 0 N–H and O–H groups in total. The molecule has 0 spiro atoms. The first-order valence-corrected chi connectivity index (χ1v) is 9.99. The van der Waals surface area contributed by atoms with Gasteiger partial charge in [-0.3, -0.25) is 4.79 Å². The molecule has 2 aromatic heterocycles. The number of halogens is 1. The second kappa shape index (κ2) is 7.55. The highest BCUT2D eigenvalue weighted by Crippen LogP contribution is 2.22. The minimum absolute atomic E-state index is 0.0349. The summed E-state index contributed by atoms with van der Waals surface area (Å²) in [6.07, 6.45) is 5.24. The molecule has 132 valence electrons. The van der Waals surface area contributed by atoms with Gasteiger partial charge in [-0.15, -0.1) is 11.3 Å². The molecule has 0 bridgehead atoms. The van der Waals surface area contributed by atoms with E-state index in [-0.39, 0.29) is 5.91 Å². The number of rotatable bonds is 3. The molecule has 1 aliphatic heterocycles. The number of benzene rings is 1. The van der Waals surface area contributed by atoms with Gasteiger partial charge in [0, 0.05) is 42.9 Å². The van der Waals surface area contributed by atoms with Crippen LogP contribution in [0.2, 0.25) is 0 Å². The number of nitrogens with zero attached hydrogens (tertiary/aromatic N) is 4. The van der Waals surface area contributed by atoms with Crippen LogP contribution in [0.25, 0.3) is 16.3 Å². The molecule has 5 nitrogen and oxygen atoms in total. The molecule has 1 saturated heterocycles. The van der Waals surface area contributed by atoms with Crippen molar-refractivity contribution in [3.63, 3.8) is 0 Å². The van der Waals surface area contributed by atoms with Crippen LogP contribution in [0, 0.1) is 0 Å². The number of carbonyl (C=O) groups is 1. The number of hydrogen-bond donors (Lipinski definition) is 0. The quantitative estimate of drug-likeness (QED) is 0.595. The van der Waals surface area contributed by atoms with Gasteiger partial charge in [0.05, 0.1) is 10.2 Å². The van der Waals surface area contributed by atoms with E-state index in [1.807, 2.05) is 47.4 Å². The molecule has 0 aliphatic carbocycles. The maximum Gasteiger partial charge on any atom is 0.246 e. The minimum Gasteiger partial charge on any atom is -0.353 e. The van der Waals surface area contributed by atoms with Gasteiger partial charge in [0.2, 0.25) is 5.91 Å². The van der Waals surface area contributed by atoms with Crippen molar-refractivity contribution >= 4 is 55.3 Å². The number of para-hydroxylation sites is 1. The van der Waals surface area contributed by atoms with Crippen molar-refractivity contribution in [2.45, 2.75) is 0 Å². The number of piperazine rings is 1. The Morgan fingerprint density at radius 1 is 1.12 bits per heavy atom. The summed E-state index contributed by atoms with van der Waals surface area (Å²) in [6, 6.07) is 12.0. The molecular formula is C19H17BrN4OS. The highest BCUT2D eigenvalue weighted by atomic mass is 79.9. The zero-order chi connectivity index (χ0) is 17.9. The molecule has 1 aromatic carbocycles. The van der Waals surface area contributed by atoms with Gasteiger partial charge in [-0.05, 0) is 46.3 Å². The van der Waals surface area contributed by atoms with Gasteiger partial charge >= 0.3 is 0 Å². The van der Waals surface area contributed by atoms with Gasteiger partial charge < -0.3 is 9.80 Å². The SMILES string of the molecule is O=C(/C=C/c1nc2ccccc2s1)N1CCN(c2ccc(Br)cn2)CC1. The molecule has 0 atom stereocenters. The molecule has 1 fully saturated rings. The molecule has 26 heavy (non-hydrogen) atoms. The maximum atomic E-state index is 12.5. The molecule has 3 heterocycles. The lowest BCUT2D eigenvalue weighted by molar-refractivity contribution is -0.126. The van der Waals surface area contributed by atoms with Crippen molar-refractivity contribution in [1.29, 1.82) is 0 Å². The molecule has 0 radical (unpaired) electrons. The van der Waals surface area contributed by atoms with E-state index < -0.39 is 0 Å². The van der Waals surface area contributed by atoms with Gasteiger partial charge in [-0.25, -0.2) is 9.97 Å². The normalized spacial score (nSPS) is 15.1. The number of amides is 1. The van der Waals surface area contributed by atoms with E-state index in [4.69, 9.17) is 0 Å². The second-order valence-corrected chi connectivity index (χ2v) is 7.98. The van der Waals surface area contributed by atoms with Crippen molar-refractivity contribution in [3.05, 3.63) is 58.2 Å². The highest BCUT2D eigenvalue weighted by Gasteiger charge is 2.20. The van der Waals surface area contributed by atoms with Crippen molar-refractivity contribution in [2.75, 3.05) is 31.1 Å². The van der Waals surface area contributed by atoms with Crippen molar-refractivity contribution < 1.29 is 4.79 Å². The fourth-order valence-corrected chi connectivity index (χ4v) is 4.03. The first-order chi connectivity index (χ1) is 12.7. The molecule has 0 saturated carbocycles. The van der Waals surface area contributed by atoms with Crippen LogP contribution in [0.3, 0.4) is 0 Å². The summed E-state index contributed by atoms with van der Waals surface area (Å²) >= 11 is 5.00. The second-order valence-electron chi connectivity index (χ2n) is 6.00. The van der Waals surface area contributed by atoms with Crippen LogP contribution in [-0.4, -0.2) is 47.0 Å². The summed E-state index contributed by atoms with van der Waals surface area (Å²) in [6.45, 7) is 2.96. The van der Waals surface area contributed by atoms with E-state index >= 15 is 0 Å². The van der Waals surface area contributed by atoms with Crippen LogP contribution < -0.4 is 4.90 Å². The Morgan fingerprint density at radius 3 is 2.65 bits per heavy atom. The van der Waals surface area contributed by atoms with Gasteiger partial charge in [-0.2, -0.15) is 0 Å². The minimum atomic E-state index is 0.0349. The molecule has 1 amide bonds. The fourth-order valence-electron chi connectivity index (χ4n) is 2.92. The zero-order valence-electron chi connectivity index (χ0n) is 14.0. The van der Waals surface area contributed by atoms with E-state index in [1.165, 1.54) is 0 Å². The molecule has 7 heteroatoms. The summed E-state index contributed by atoms with van der Waals surface area (Å²) in [5, 5.41) is 0.859. The van der Waals surface area contributed by atoms with E-state index in [0.717, 1.165) is 38.6 Å². The predicted octanol–water partition coefficient (Wildman–Crippen LogP) is 3.82.